The van der Waals surface area contributed by atoms with Gasteiger partial charge >= 0.3 is 6.18 Å². The molecule has 0 bridgehead atoms. The maximum Gasteiger partial charge on any atom is 0.435 e. The Morgan fingerprint density at radius 3 is 2.25 bits per heavy atom. The normalized spacial score (nSPS) is 11.7. The maximum absolute atomic E-state index is 12.8. The molecule has 0 atom stereocenters. The van der Waals surface area contributed by atoms with Crippen molar-refractivity contribution in [3.05, 3.63) is 47.3 Å². The molecule has 0 radical (unpaired) electrons. The van der Waals surface area contributed by atoms with Crippen molar-refractivity contribution < 1.29 is 13.2 Å². The Labute approximate surface area is 114 Å². The van der Waals surface area contributed by atoms with Crippen molar-refractivity contribution in [2.75, 3.05) is 0 Å². The monoisotopic (exact) mass is 279 g/mol. The fourth-order valence-electron chi connectivity index (χ4n) is 1.83. The summed E-state index contributed by atoms with van der Waals surface area (Å²) in [6, 6.07) is 9.28. The summed E-state index contributed by atoms with van der Waals surface area (Å²) in [7, 11) is 0. The molecule has 0 saturated heterocycles. The summed E-state index contributed by atoms with van der Waals surface area (Å²) in [5, 5.41) is 12.4. The first-order valence-corrected chi connectivity index (χ1v) is 6.00. The van der Waals surface area contributed by atoms with E-state index in [2.05, 4.69) is 5.10 Å². The van der Waals surface area contributed by atoms with Crippen molar-refractivity contribution >= 4 is 0 Å². The molecule has 0 aliphatic heterocycles. The minimum Gasteiger partial charge on any atom is -0.237 e. The summed E-state index contributed by atoms with van der Waals surface area (Å²) in [5.74, 6) is -0.103. The Bertz CT molecular complexity index is 646. The highest BCUT2D eigenvalue weighted by Crippen LogP contribution is 2.31. The predicted octanol–water partition coefficient (Wildman–Crippen LogP) is 3.89. The first-order chi connectivity index (χ1) is 9.32. The van der Waals surface area contributed by atoms with Gasteiger partial charge in [-0.3, -0.25) is 0 Å². The van der Waals surface area contributed by atoms with Crippen LogP contribution in [-0.4, -0.2) is 9.78 Å². The third kappa shape index (κ3) is 2.67. The standard InChI is InChI=1S/C14H12F3N3/c1-9(2)12-7-13(14(15,16)17)19-20(12)11-5-3-10(8-18)4-6-11/h3-7,9H,1-2H3. The Balaban J connectivity index is 2.54. The number of halogens is 3. The summed E-state index contributed by atoms with van der Waals surface area (Å²) in [6.45, 7) is 3.61. The van der Waals surface area contributed by atoms with E-state index in [-0.39, 0.29) is 5.92 Å². The summed E-state index contributed by atoms with van der Waals surface area (Å²) < 4.78 is 39.6. The second kappa shape index (κ2) is 5.00. The molecular weight excluding hydrogens is 267 g/mol. The number of rotatable bonds is 2. The molecule has 0 spiro atoms. The number of hydrogen-bond donors (Lipinski definition) is 0. The highest BCUT2D eigenvalue weighted by Gasteiger charge is 2.35. The van der Waals surface area contributed by atoms with E-state index in [1.807, 2.05) is 6.07 Å². The molecule has 1 aromatic carbocycles. The fourth-order valence-corrected chi connectivity index (χ4v) is 1.83. The van der Waals surface area contributed by atoms with Gasteiger partial charge in [0.15, 0.2) is 5.69 Å². The summed E-state index contributed by atoms with van der Waals surface area (Å²) >= 11 is 0. The smallest absolute Gasteiger partial charge is 0.237 e. The van der Waals surface area contributed by atoms with Crippen molar-refractivity contribution in [1.82, 2.24) is 9.78 Å². The minimum absolute atomic E-state index is 0.103. The number of nitrogens with zero attached hydrogens (tertiary/aromatic N) is 3. The van der Waals surface area contributed by atoms with E-state index >= 15 is 0 Å². The highest BCUT2D eigenvalue weighted by atomic mass is 19.4. The lowest BCUT2D eigenvalue weighted by molar-refractivity contribution is -0.141. The van der Waals surface area contributed by atoms with Crippen LogP contribution in [-0.2, 0) is 6.18 Å². The number of benzene rings is 1. The molecule has 0 amide bonds. The third-order valence-electron chi connectivity index (χ3n) is 2.86. The molecule has 1 heterocycles. The van der Waals surface area contributed by atoms with E-state index in [0.717, 1.165) is 6.07 Å². The molecule has 2 aromatic rings. The second-order valence-corrected chi connectivity index (χ2v) is 4.68. The molecule has 0 aliphatic carbocycles. The summed E-state index contributed by atoms with van der Waals surface area (Å²) in [5.41, 5.74) is 0.513. The molecule has 0 saturated carbocycles. The van der Waals surface area contributed by atoms with Crippen LogP contribution in [0.4, 0.5) is 13.2 Å². The van der Waals surface area contributed by atoms with Gasteiger partial charge in [0.1, 0.15) is 0 Å². The highest BCUT2D eigenvalue weighted by molar-refractivity contribution is 5.40. The fraction of sp³-hybridized carbons (Fsp3) is 0.286. The van der Waals surface area contributed by atoms with Gasteiger partial charge in [-0.1, -0.05) is 13.8 Å². The summed E-state index contributed by atoms with van der Waals surface area (Å²) in [6.07, 6.45) is -4.47. The largest absolute Gasteiger partial charge is 0.435 e. The Kier molecular flexibility index (Phi) is 3.53. The van der Waals surface area contributed by atoms with E-state index < -0.39 is 11.9 Å². The van der Waals surface area contributed by atoms with Crippen molar-refractivity contribution in [1.29, 1.82) is 5.26 Å². The van der Waals surface area contributed by atoms with Gasteiger partial charge < -0.3 is 0 Å². The lowest BCUT2D eigenvalue weighted by atomic mass is 10.1. The van der Waals surface area contributed by atoms with E-state index in [0.29, 0.717) is 16.9 Å². The molecule has 104 valence electrons. The van der Waals surface area contributed by atoms with E-state index in [1.54, 1.807) is 38.1 Å². The quantitative estimate of drug-likeness (QED) is 0.837. The van der Waals surface area contributed by atoms with Crippen LogP contribution in [0.1, 0.15) is 36.7 Å². The maximum atomic E-state index is 12.8. The number of nitriles is 1. The van der Waals surface area contributed by atoms with Gasteiger partial charge in [-0.15, -0.1) is 0 Å². The molecule has 20 heavy (non-hydrogen) atoms. The minimum atomic E-state index is -4.47. The average Bonchev–Trinajstić information content (AvgIpc) is 2.84. The number of alkyl halides is 3. The topological polar surface area (TPSA) is 41.6 Å². The molecular formula is C14H12F3N3. The lowest BCUT2D eigenvalue weighted by Crippen LogP contribution is -2.08. The van der Waals surface area contributed by atoms with Gasteiger partial charge in [0.2, 0.25) is 0 Å². The van der Waals surface area contributed by atoms with Gasteiger partial charge in [0, 0.05) is 5.69 Å². The first kappa shape index (κ1) is 14.1. The predicted molar refractivity (Wildman–Crippen MR) is 67.4 cm³/mol. The van der Waals surface area contributed by atoms with Gasteiger partial charge in [-0.25, -0.2) is 4.68 Å². The lowest BCUT2D eigenvalue weighted by Gasteiger charge is -2.09. The van der Waals surface area contributed by atoms with Crippen LogP contribution in [0.3, 0.4) is 0 Å². The zero-order valence-electron chi connectivity index (χ0n) is 10.9. The SMILES string of the molecule is CC(C)c1cc(C(F)(F)F)nn1-c1ccc(C#N)cc1. The van der Waals surface area contributed by atoms with Crippen LogP contribution in [0.5, 0.6) is 0 Å². The van der Waals surface area contributed by atoms with Gasteiger partial charge in [0.05, 0.1) is 17.3 Å². The molecule has 0 fully saturated rings. The van der Waals surface area contributed by atoms with Gasteiger partial charge in [0.25, 0.3) is 0 Å². The molecule has 0 aliphatic rings. The molecule has 6 heteroatoms. The van der Waals surface area contributed by atoms with Crippen LogP contribution in [0.15, 0.2) is 30.3 Å². The van der Waals surface area contributed by atoms with Gasteiger partial charge in [-0.05, 0) is 36.2 Å². The Morgan fingerprint density at radius 1 is 1.20 bits per heavy atom. The van der Waals surface area contributed by atoms with Gasteiger partial charge in [-0.2, -0.15) is 23.5 Å². The number of hydrogen-bond acceptors (Lipinski definition) is 2. The third-order valence-corrected chi connectivity index (χ3v) is 2.86. The Morgan fingerprint density at radius 2 is 1.80 bits per heavy atom. The molecule has 0 unspecified atom stereocenters. The van der Waals surface area contributed by atoms with E-state index in [1.165, 1.54) is 4.68 Å². The van der Waals surface area contributed by atoms with Crippen molar-refractivity contribution in [2.45, 2.75) is 25.9 Å². The first-order valence-electron chi connectivity index (χ1n) is 6.00. The van der Waals surface area contributed by atoms with Crippen LogP contribution in [0.25, 0.3) is 5.69 Å². The number of aromatic nitrogens is 2. The Hall–Kier alpha value is -2.29. The molecule has 0 N–H and O–H groups in total. The van der Waals surface area contributed by atoms with Crippen LogP contribution in [0.2, 0.25) is 0 Å². The van der Waals surface area contributed by atoms with E-state index in [4.69, 9.17) is 5.26 Å². The van der Waals surface area contributed by atoms with Crippen LogP contribution in [0, 0.1) is 11.3 Å². The van der Waals surface area contributed by atoms with Crippen LogP contribution >= 0.6 is 0 Å². The van der Waals surface area contributed by atoms with E-state index in [9.17, 15) is 13.2 Å². The molecule has 1 aromatic heterocycles. The van der Waals surface area contributed by atoms with Crippen molar-refractivity contribution in [3.63, 3.8) is 0 Å². The van der Waals surface area contributed by atoms with Crippen molar-refractivity contribution in [3.8, 4) is 11.8 Å². The zero-order chi connectivity index (χ0) is 14.9. The van der Waals surface area contributed by atoms with Crippen LogP contribution < -0.4 is 0 Å². The average molecular weight is 279 g/mol. The molecule has 2 rings (SSSR count). The zero-order valence-corrected chi connectivity index (χ0v) is 10.9. The second-order valence-electron chi connectivity index (χ2n) is 4.68. The molecule has 3 nitrogen and oxygen atoms in total. The van der Waals surface area contributed by atoms with Crippen molar-refractivity contribution in [2.24, 2.45) is 0 Å². The summed E-state index contributed by atoms with van der Waals surface area (Å²) in [4.78, 5) is 0.